The standard InChI is InChI=1S/C21H17NO7/c1-14-2-6-17(7-3-14)29-21(26)15-4-8-16(9-5-15)27-13-28-20(25)12-22-18(23)10-11-19(22)24/h2-11H,12-13H2,1H3. The molecule has 1 heterocycles. The molecule has 8 heteroatoms. The Hall–Kier alpha value is -3.94. The number of esters is 2. The molecule has 2 aromatic rings. The Labute approximate surface area is 166 Å². The number of ether oxygens (including phenoxy) is 3. The van der Waals surface area contributed by atoms with Crippen molar-refractivity contribution in [1.29, 1.82) is 0 Å². The number of carbonyl (C=O) groups excluding carboxylic acids is 4. The average molecular weight is 395 g/mol. The van der Waals surface area contributed by atoms with Gasteiger partial charge in [0.25, 0.3) is 11.8 Å². The van der Waals surface area contributed by atoms with Crippen molar-refractivity contribution < 1.29 is 33.4 Å². The highest BCUT2D eigenvalue weighted by atomic mass is 16.7. The Kier molecular flexibility index (Phi) is 6.03. The molecule has 0 saturated heterocycles. The summed E-state index contributed by atoms with van der Waals surface area (Å²) in [5.74, 6) is -1.63. The third-order valence-electron chi connectivity index (χ3n) is 3.95. The third kappa shape index (κ3) is 5.29. The molecule has 0 aromatic heterocycles. The molecule has 29 heavy (non-hydrogen) atoms. The van der Waals surface area contributed by atoms with Crippen LogP contribution >= 0.6 is 0 Å². The Balaban J connectivity index is 1.44. The van der Waals surface area contributed by atoms with Crippen LogP contribution in [0.4, 0.5) is 0 Å². The summed E-state index contributed by atoms with van der Waals surface area (Å²) in [5, 5.41) is 0. The molecule has 0 fully saturated rings. The van der Waals surface area contributed by atoms with Gasteiger partial charge >= 0.3 is 11.9 Å². The van der Waals surface area contributed by atoms with Gasteiger partial charge in [0.2, 0.25) is 6.79 Å². The summed E-state index contributed by atoms with van der Waals surface area (Å²) in [6.45, 7) is 1.04. The molecule has 0 N–H and O–H groups in total. The van der Waals surface area contributed by atoms with Crippen molar-refractivity contribution >= 4 is 23.8 Å². The summed E-state index contributed by atoms with van der Waals surface area (Å²) in [5.41, 5.74) is 1.38. The highest BCUT2D eigenvalue weighted by molar-refractivity contribution is 6.14. The Bertz CT molecular complexity index is 944. The van der Waals surface area contributed by atoms with Crippen LogP contribution in [0.2, 0.25) is 0 Å². The van der Waals surface area contributed by atoms with Gasteiger partial charge < -0.3 is 14.2 Å². The van der Waals surface area contributed by atoms with Gasteiger partial charge in [-0.1, -0.05) is 17.7 Å². The molecule has 0 spiro atoms. The summed E-state index contributed by atoms with van der Waals surface area (Å²) in [4.78, 5) is 47.3. The van der Waals surface area contributed by atoms with Gasteiger partial charge in [-0.3, -0.25) is 19.3 Å². The molecule has 0 unspecified atom stereocenters. The van der Waals surface area contributed by atoms with Crippen LogP contribution in [-0.2, 0) is 19.1 Å². The van der Waals surface area contributed by atoms with Crippen LogP contribution in [0.25, 0.3) is 0 Å². The topological polar surface area (TPSA) is 99.2 Å². The smallest absolute Gasteiger partial charge is 0.343 e. The molecular formula is C21H17NO7. The van der Waals surface area contributed by atoms with Crippen molar-refractivity contribution in [3.63, 3.8) is 0 Å². The predicted octanol–water partition coefficient (Wildman–Crippen LogP) is 2.02. The molecule has 0 radical (unpaired) electrons. The zero-order chi connectivity index (χ0) is 20.8. The molecule has 1 aliphatic heterocycles. The summed E-state index contributed by atoms with van der Waals surface area (Å²) in [7, 11) is 0. The second kappa shape index (κ2) is 8.83. The molecule has 0 bridgehead atoms. The fraction of sp³-hybridized carbons (Fsp3) is 0.143. The molecular weight excluding hydrogens is 378 g/mol. The molecule has 2 amide bonds. The van der Waals surface area contributed by atoms with Gasteiger partial charge in [-0.2, -0.15) is 0 Å². The van der Waals surface area contributed by atoms with E-state index >= 15 is 0 Å². The van der Waals surface area contributed by atoms with Crippen LogP contribution in [0.5, 0.6) is 11.5 Å². The molecule has 148 valence electrons. The van der Waals surface area contributed by atoms with E-state index in [1.165, 1.54) is 24.3 Å². The minimum absolute atomic E-state index is 0.327. The Morgan fingerprint density at radius 2 is 1.45 bits per heavy atom. The fourth-order valence-corrected chi connectivity index (χ4v) is 2.38. The number of imide groups is 1. The van der Waals surface area contributed by atoms with Crippen LogP contribution in [0.15, 0.2) is 60.7 Å². The molecule has 8 nitrogen and oxygen atoms in total. The van der Waals surface area contributed by atoms with E-state index in [1.54, 1.807) is 12.1 Å². The van der Waals surface area contributed by atoms with Crippen molar-refractivity contribution in [1.82, 2.24) is 4.90 Å². The summed E-state index contributed by atoms with van der Waals surface area (Å²) >= 11 is 0. The van der Waals surface area contributed by atoms with Gasteiger partial charge in [-0.05, 0) is 43.3 Å². The van der Waals surface area contributed by atoms with E-state index in [1.807, 2.05) is 19.1 Å². The molecule has 0 aliphatic carbocycles. The van der Waals surface area contributed by atoms with Crippen LogP contribution in [-0.4, -0.2) is 42.0 Å². The minimum atomic E-state index is -0.784. The highest BCUT2D eigenvalue weighted by Gasteiger charge is 2.26. The van der Waals surface area contributed by atoms with Crippen molar-refractivity contribution in [3.05, 3.63) is 71.8 Å². The van der Waals surface area contributed by atoms with Crippen LogP contribution in [0.3, 0.4) is 0 Å². The van der Waals surface area contributed by atoms with Crippen molar-refractivity contribution in [3.8, 4) is 11.5 Å². The van der Waals surface area contributed by atoms with Crippen LogP contribution in [0.1, 0.15) is 15.9 Å². The van der Waals surface area contributed by atoms with Gasteiger partial charge in [0, 0.05) is 12.2 Å². The second-order valence-corrected chi connectivity index (χ2v) is 6.10. The highest BCUT2D eigenvalue weighted by Crippen LogP contribution is 2.16. The third-order valence-corrected chi connectivity index (χ3v) is 3.95. The van der Waals surface area contributed by atoms with E-state index in [2.05, 4.69) is 0 Å². The normalized spacial score (nSPS) is 12.8. The fourth-order valence-electron chi connectivity index (χ4n) is 2.38. The monoisotopic (exact) mass is 395 g/mol. The van der Waals surface area contributed by atoms with Crippen LogP contribution in [0, 0.1) is 6.92 Å². The average Bonchev–Trinajstić information content (AvgIpc) is 3.02. The lowest BCUT2D eigenvalue weighted by Gasteiger charge is -2.13. The largest absolute Gasteiger partial charge is 0.457 e. The number of nitrogens with zero attached hydrogens (tertiary/aromatic N) is 1. The van der Waals surface area contributed by atoms with Crippen LogP contribution < -0.4 is 9.47 Å². The first-order chi connectivity index (χ1) is 13.9. The molecule has 1 aliphatic rings. The maximum Gasteiger partial charge on any atom is 0.343 e. The van der Waals surface area contributed by atoms with E-state index in [9.17, 15) is 19.2 Å². The lowest BCUT2D eigenvalue weighted by Crippen LogP contribution is -2.36. The predicted molar refractivity (Wildman–Crippen MR) is 100 cm³/mol. The van der Waals surface area contributed by atoms with Gasteiger partial charge in [0.1, 0.15) is 18.0 Å². The zero-order valence-electron chi connectivity index (χ0n) is 15.5. The number of aryl methyl sites for hydroxylation is 1. The number of benzene rings is 2. The Morgan fingerprint density at radius 3 is 2.07 bits per heavy atom. The summed E-state index contributed by atoms with van der Waals surface area (Å²) in [6, 6.07) is 13.2. The van der Waals surface area contributed by atoms with Gasteiger partial charge in [-0.15, -0.1) is 0 Å². The first-order valence-corrected chi connectivity index (χ1v) is 8.63. The van der Waals surface area contributed by atoms with E-state index in [-0.39, 0.29) is 0 Å². The van der Waals surface area contributed by atoms with Crippen molar-refractivity contribution in [2.75, 3.05) is 13.3 Å². The Morgan fingerprint density at radius 1 is 0.862 bits per heavy atom. The quantitative estimate of drug-likeness (QED) is 0.306. The van der Waals surface area contributed by atoms with Crippen molar-refractivity contribution in [2.45, 2.75) is 6.92 Å². The van der Waals surface area contributed by atoms with Crippen molar-refractivity contribution in [2.24, 2.45) is 0 Å². The number of rotatable bonds is 7. The molecule has 0 atom stereocenters. The first-order valence-electron chi connectivity index (χ1n) is 8.63. The number of amides is 2. The lowest BCUT2D eigenvalue weighted by atomic mass is 10.2. The number of hydrogen-bond acceptors (Lipinski definition) is 7. The molecule has 0 saturated carbocycles. The molecule has 2 aromatic carbocycles. The second-order valence-electron chi connectivity index (χ2n) is 6.10. The van der Waals surface area contributed by atoms with Gasteiger partial charge in [-0.25, -0.2) is 4.79 Å². The van der Waals surface area contributed by atoms with Gasteiger partial charge in [0.05, 0.1) is 5.56 Å². The number of hydrogen-bond donors (Lipinski definition) is 0. The SMILES string of the molecule is Cc1ccc(OC(=O)c2ccc(OCOC(=O)CN3C(=O)C=CC3=O)cc2)cc1. The van der Waals surface area contributed by atoms with E-state index < -0.39 is 37.1 Å². The summed E-state index contributed by atoms with van der Waals surface area (Å²) < 4.78 is 15.4. The maximum atomic E-state index is 12.1. The van der Waals surface area contributed by atoms with E-state index in [0.717, 1.165) is 22.6 Å². The zero-order valence-corrected chi connectivity index (χ0v) is 15.5. The number of carbonyl (C=O) groups is 4. The van der Waals surface area contributed by atoms with E-state index in [0.29, 0.717) is 17.1 Å². The van der Waals surface area contributed by atoms with Gasteiger partial charge in [0.15, 0.2) is 0 Å². The minimum Gasteiger partial charge on any atom is -0.457 e. The summed E-state index contributed by atoms with van der Waals surface area (Å²) in [6.07, 6.45) is 2.16. The van der Waals surface area contributed by atoms with E-state index in [4.69, 9.17) is 14.2 Å². The maximum absolute atomic E-state index is 12.1. The first kappa shape index (κ1) is 19.8. The molecule has 3 rings (SSSR count). The lowest BCUT2D eigenvalue weighted by molar-refractivity contribution is -0.156.